The standard InChI is InChI=1S/C16H18N2S/c1-12(9-15-7-8-19-11-15)18-13(2)16-5-3-14(10-17)4-6-16/h3-8,11-13,18H,9H2,1-2H3. The molecule has 2 nitrogen and oxygen atoms in total. The molecule has 1 aromatic heterocycles. The third-order valence-corrected chi connectivity index (χ3v) is 3.93. The Balaban J connectivity index is 1.92. The Morgan fingerprint density at radius 1 is 1.21 bits per heavy atom. The van der Waals surface area contributed by atoms with Gasteiger partial charge in [0, 0.05) is 12.1 Å². The second-order valence-electron chi connectivity index (χ2n) is 4.86. The number of nitrogens with one attached hydrogen (secondary N) is 1. The van der Waals surface area contributed by atoms with E-state index in [1.807, 2.05) is 24.3 Å². The van der Waals surface area contributed by atoms with Gasteiger partial charge in [0.2, 0.25) is 0 Å². The van der Waals surface area contributed by atoms with Crippen molar-refractivity contribution in [3.63, 3.8) is 0 Å². The lowest BCUT2D eigenvalue weighted by Crippen LogP contribution is -2.30. The number of thiophene rings is 1. The maximum atomic E-state index is 8.79. The molecule has 1 heterocycles. The summed E-state index contributed by atoms with van der Waals surface area (Å²) in [5, 5.41) is 16.7. The van der Waals surface area contributed by atoms with Crippen LogP contribution in [0.4, 0.5) is 0 Å². The van der Waals surface area contributed by atoms with Crippen LogP contribution in [0.3, 0.4) is 0 Å². The molecule has 2 unspecified atom stereocenters. The maximum Gasteiger partial charge on any atom is 0.0991 e. The van der Waals surface area contributed by atoms with E-state index < -0.39 is 0 Å². The summed E-state index contributed by atoms with van der Waals surface area (Å²) in [6.45, 7) is 4.36. The number of hydrogen-bond acceptors (Lipinski definition) is 3. The second kappa shape index (κ2) is 6.51. The number of benzene rings is 1. The minimum atomic E-state index is 0.293. The Kier molecular flexibility index (Phi) is 4.73. The Bertz CT molecular complexity index is 537. The molecule has 0 aliphatic carbocycles. The molecule has 0 radical (unpaired) electrons. The molecule has 0 spiro atoms. The molecule has 98 valence electrons. The van der Waals surface area contributed by atoms with Crippen molar-refractivity contribution in [3.8, 4) is 6.07 Å². The van der Waals surface area contributed by atoms with Crippen molar-refractivity contribution < 1.29 is 0 Å². The highest BCUT2D eigenvalue weighted by Crippen LogP contribution is 2.15. The van der Waals surface area contributed by atoms with Crippen LogP contribution in [0, 0.1) is 11.3 Å². The first kappa shape index (κ1) is 13.8. The first-order valence-electron chi connectivity index (χ1n) is 6.46. The SMILES string of the molecule is CC(Cc1ccsc1)NC(C)c1ccc(C#N)cc1. The first-order valence-corrected chi connectivity index (χ1v) is 7.40. The molecule has 2 aromatic rings. The van der Waals surface area contributed by atoms with E-state index in [-0.39, 0.29) is 0 Å². The van der Waals surface area contributed by atoms with Crippen molar-refractivity contribution in [2.75, 3.05) is 0 Å². The highest BCUT2D eigenvalue weighted by Gasteiger charge is 2.10. The van der Waals surface area contributed by atoms with Crippen molar-refractivity contribution in [3.05, 3.63) is 57.8 Å². The monoisotopic (exact) mass is 270 g/mol. The minimum absolute atomic E-state index is 0.293. The molecule has 1 aromatic carbocycles. The third-order valence-electron chi connectivity index (χ3n) is 3.20. The third kappa shape index (κ3) is 3.92. The van der Waals surface area contributed by atoms with Gasteiger partial charge in [-0.05, 0) is 60.4 Å². The van der Waals surface area contributed by atoms with Crippen LogP contribution in [0.1, 0.15) is 36.6 Å². The topological polar surface area (TPSA) is 35.8 Å². The van der Waals surface area contributed by atoms with E-state index in [9.17, 15) is 0 Å². The van der Waals surface area contributed by atoms with Gasteiger partial charge in [0.05, 0.1) is 11.6 Å². The number of hydrogen-bond donors (Lipinski definition) is 1. The lowest BCUT2D eigenvalue weighted by Gasteiger charge is -2.20. The molecular weight excluding hydrogens is 252 g/mol. The van der Waals surface area contributed by atoms with E-state index in [1.165, 1.54) is 11.1 Å². The summed E-state index contributed by atoms with van der Waals surface area (Å²) in [5.41, 5.74) is 3.32. The quantitative estimate of drug-likeness (QED) is 0.894. The zero-order valence-electron chi connectivity index (χ0n) is 11.3. The zero-order chi connectivity index (χ0) is 13.7. The predicted molar refractivity (Wildman–Crippen MR) is 80.2 cm³/mol. The lowest BCUT2D eigenvalue weighted by atomic mass is 10.0. The highest BCUT2D eigenvalue weighted by atomic mass is 32.1. The zero-order valence-corrected chi connectivity index (χ0v) is 12.1. The lowest BCUT2D eigenvalue weighted by molar-refractivity contribution is 0.477. The van der Waals surface area contributed by atoms with Crippen molar-refractivity contribution in [1.82, 2.24) is 5.32 Å². The summed E-state index contributed by atoms with van der Waals surface area (Å²) >= 11 is 1.74. The summed E-state index contributed by atoms with van der Waals surface area (Å²) in [5.74, 6) is 0. The Morgan fingerprint density at radius 3 is 2.53 bits per heavy atom. The molecule has 0 saturated carbocycles. The summed E-state index contributed by atoms with van der Waals surface area (Å²) in [4.78, 5) is 0. The average molecular weight is 270 g/mol. The molecule has 0 amide bonds. The van der Waals surface area contributed by atoms with Gasteiger partial charge < -0.3 is 5.32 Å². The van der Waals surface area contributed by atoms with E-state index in [2.05, 4.69) is 42.1 Å². The molecule has 0 aliphatic rings. The van der Waals surface area contributed by atoms with Crippen LogP contribution in [0.5, 0.6) is 0 Å². The van der Waals surface area contributed by atoms with Gasteiger partial charge in [-0.15, -0.1) is 0 Å². The van der Waals surface area contributed by atoms with Crippen LogP contribution >= 0.6 is 11.3 Å². The van der Waals surface area contributed by atoms with E-state index >= 15 is 0 Å². The fraction of sp³-hybridized carbons (Fsp3) is 0.312. The molecule has 3 heteroatoms. The summed E-state index contributed by atoms with van der Waals surface area (Å²) < 4.78 is 0. The minimum Gasteiger partial charge on any atom is -0.307 e. The van der Waals surface area contributed by atoms with Crippen LogP contribution < -0.4 is 5.32 Å². The smallest absolute Gasteiger partial charge is 0.0991 e. The van der Waals surface area contributed by atoms with Crippen molar-refractivity contribution in [2.45, 2.75) is 32.4 Å². The molecule has 0 bridgehead atoms. The summed E-state index contributed by atoms with van der Waals surface area (Å²) in [7, 11) is 0. The molecular formula is C16H18N2S. The van der Waals surface area contributed by atoms with Gasteiger partial charge in [0.1, 0.15) is 0 Å². The predicted octanol–water partition coefficient (Wildman–Crippen LogP) is 3.90. The Morgan fingerprint density at radius 2 is 1.95 bits per heavy atom. The van der Waals surface area contributed by atoms with Crippen molar-refractivity contribution in [2.24, 2.45) is 0 Å². The molecule has 0 aliphatic heterocycles. The van der Waals surface area contributed by atoms with Gasteiger partial charge in [-0.25, -0.2) is 0 Å². The summed E-state index contributed by atoms with van der Waals surface area (Å²) in [6.07, 6.45) is 1.05. The summed E-state index contributed by atoms with van der Waals surface area (Å²) in [6, 6.07) is 12.8. The fourth-order valence-corrected chi connectivity index (χ4v) is 2.87. The number of nitriles is 1. The van der Waals surface area contributed by atoms with Crippen LogP contribution in [0.15, 0.2) is 41.1 Å². The van der Waals surface area contributed by atoms with Gasteiger partial charge in [-0.2, -0.15) is 16.6 Å². The van der Waals surface area contributed by atoms with Gasteiger partial charge in [0.15, 0.2) is 0 Å². The number of rotatable bonds is 5. The van der Waals surface area contributed by atoms with Gasteiger partial charge in [0.25, 0.3) is 0 Å². The normalized spacial score (nSPS) is 13.7. The maximum absolute atomic E-state index is 8.79. The van der Waals surface area contributed by atoms with E-state index in [0.717, 1.165) is 6.42 Å². The van der Waals surface area contributed by atoms with Crippen LogP contribution in [0.25, 0.3) is 0 Å². The second-order valence-corrected chi connectivity index (χ2v) is 5.64. The largest absolute Gasteiger partial charge is 0.307 e. The van der Waals surface area contributed by atoms with E-state index in [1.54, 1.807) is 11.3 Å². The van der Waals surface area contributed by atoms with E-state index in [0.29, 0.717) is 17.6 Å². The molecule has 1 N–H and O–H groups in total. The molecule has 0 fully saturated rings. The van der Waals surface area contributed by atoms with Gasteiger partial charge in [-0.1, -0.05) is 12.1 Å². The number of nitrogens with zero attached hydrogens (tertiary/aromatic N) is 1. The van der Waals surface area contributed by atoms with E-state index in [4.69, 9.17) is 5.26 Å². The molecule has 2 rings (SSSR count). The molecule has 2 atom stereocenters. The average Bonchev–Trinajstić information content (AvgIpc) is 2.91. The van der Waals surface area contributed by atoms with Crippen LogP contribution in [-0.2, 0) is 6.42 Å². The van der Waals surface area contributed by atoms with Crippen molar-refractivity contribution in [1.29, 1.82) is 5.26 Å². The van der Waals surface area contributed by atoms with Crippen molar-refractivity contribution >= 4 is 11.3 Å². The fourth-order valence-electron chi connectivity index (χ4n) is 2.19. The van der Waals surface area contributed by atoms with Crippen LogP contribution in [0.2, 0.25) is 0 Å². The molecule has 0 saturated heterocycles. The van der Waals surface area contributed by atoms with Crippen LogP contribution in [-0.4, -0.2) is 6.04 Å². The van der Waals surface area contributed by atoms with Gasteiger partial charge >= 0.3 is 0 Å². The molecule has 19 heavy (non-hydrogen) atoms. The first-order chi connectivity index (χ1) is 9.19. The Hall–Kier alpha value is -1.63. The Labute approximate surface area is 118 Å². The highest BCUT2D eigenvalue weighted by molar-refractivity contribution is 7.07. The van der Waals surface area contributed by atoms with Gasteiger partial charge in [-0.3, -0.25) is 0 Å².